The third-order valence-electron chi connectivity index (χ3n) is 6.07. The summed E-state index contributed by atoms with van der Waals surface area (Å²) in [6.07, 6.45) is 3.09. The number of fused-ring (bicyclic) bond motifs is 1. The summed E-state index contributed by atoms with van der Waals surface area (Å²) in [7, 11) is 0. The maximum atomic E-state index is 14.1. The van der Waals surface area contributed by atoms with Crippen LogP contribution in [0.5, 0.6) is 0 Å². The number of nitrogens with one attached hydrogen (secondary N) is 1. The molecule has 1 aliphatic carbocycles. The molecule has 10 heteroatoms. The second kappa shape index (κ2) is 10.2. The van der Waals surface area contributed by atoms with Crippen LogP contribution in [0.3, 0.4) is 0 Å². The fourth-order valence-corrected chi connectivity index (χ4v) is 4.20. The van der Waals surface area contributed by atoms with Gasteiger partial charge < -0.3 is 16.0 Å². The minimum atomic E-state index is -0.679. The molecule has 0 spiro atoms. The summed E-state index contributed by atoms with van der Waals surface area (Å²) in [5, 5.41) is 7.44. The molecule has 0 saturated heterocycles. The highest BCUT2D eigenvalue weighted by Gasteiger charge is 2.26. The molecular weight excluding hydrogens is 461 g/mol. The van der Waals surface area contributed by atoms with Crippen LogP contribution in [0.1, 0.15) is 35.3 Å². The predicted molar refractivity (Wildman–Crippen MR) is 125 cm³/mol. The Hall–Kier alpha value is -3.46. The third-order valence-corrected chi connectivity index (χ3v) is 6.37. The molecule has 1 heterocycles. The lowest BCUT2D eigenvalue weighted by Gasteiger charge is -2.32. The molecule has 1 aliphatic rings. The zero-order chi connectivity index (χ0) is 24.2. The van der Waals surface area contributed by atoms with E-state index in [1.807, 2.05) is 0 Å². The maximum Gasteiger partial charge on any atom is 0.269 e. The van der Waals surface area contributed by atoms with Crippen LogP contribution in [-0.4, -0.2) is 45.5 Å². The lowest BCUT2D eigenvalue weighted by molar-refractivity contribution is -0.137. The standard InChI is InChI=1S/C24H25ClFN5O3/c25-18-9-4-7-16(22(18)26)11-28-20(32)13-30(12-15-5-3-6-15)21(33)14-31-19-10-2-1-8-17(19)23(29-31)24(27)34/h1-2,4,7-10,15H,3,5-6,11-14H2,(H2,27,34)(H,28,32). The van der Waals surface area contributed by atoms with E-state index in [1.165, 1.54) is 21.7 Å². The van der Waals surface area contributed by atoms with Gasteiger partial charge >= 0.3 is 0 Å². The van der Waals surface area contributed by atoms with Crippen molar-refractivity contribution in [1.29, 1.82) is 0 Å². The number of benzene rings is 2. The van der Waals surface area contributed by atoms with E-state index >= 15 is 0 Å². The first-order chi connectivity index (χ1) is 16.3. The monoisotopic (exact) mass is 485 g/mol. The number of carbonyl (C=O) groups excluding carboxylic acids is 3. The first kappa shape index (κ1) is 23.7. The zero-order valence-corrected chi connectivity index (χ0v) is 19.2. The van der Waals surface area contributed by atoms with Crippen molar-refractivity contribution in [2.75, 3.05) is 13.1 Å². The Morgan fingerprint density at radius 2 is 1.94 bits per heavy atom. The number of hydrogen-bond acceptors (Lipinski definition) is 4. The normalized spacial score (nSPS) is 13.5. The summed E-state index contributed by atoms with van der Waals surface area (Å²) in [5.41, 5.74) is 6.41. The first-order valence-electron chi connectivity index (χ1n) is 11.1. The summed E-state index contributed by atoms with van der Waals surface area (Å²) in [5.74, 6) is -1.64. The van der Waals surface area contributed by atoms with Crippen molar-refractivity contribution < 1.29 is 18.8 Å². The van der Waals surface area contributed by atoms with E-state index in [2.05, 4.69) is 10.4 Å². The molecule has 3 aromatic rings. The molecule has 3 amide bonds. The Bertz CT molecular complexity index is 1240. The SMILES string of the molecule is NC(=O)c1nn(CC(=O)N(CC(=O)NCc2cccc(Cl)c2F)CC2CCC2)c2ccccc12. The van der Waals surface area contributed by atoms with E-state index in [9.17, 15) is 18.8 Å². The molecule has 8 nitrogen and oxygen atoms in total. The zero-order valence-electron chi connectivity index (χ0n) is 18.5. The molecule has 1 aromatic heterocycles. The van der Waals surface area contributed by atoms with Gasteiger partial charge in [-0.05, 0) is 30.9 Å². The number of carbonyl (C=O) groups is 3. The number of nitrogens with two attached hydrogens (primary N) is 1. The van der Waals surface area contributed by atoms with Crippen molar-refractivity contribution in [1.82, 2.24) is 20.0 Å². The Balaban J connectivity index is 1.47. The van der Waals surface area contributed by atoms with Crippen molar-refractivity contribution in [3.8, 4) is 0 Å². The Kier molecular flexibility index (Phi) is 7.12. The second-order valence-corrected chi connectivity index (χ2v) is 8.86. The summed E-state index contributed by atoms with van der Waals surface area (Å²) < 4.78 is 15.5. The van der Waals surface area contributed by atoms with Gasteiger partial charge in [-0.1, -0.05) is 48.4 Å². The van der Waals surface area contributed by atoms with Gasteiger partial charge in [0, 0.05) is 24.0 Å². The molecule has 0 radical (unpaired) electrons. The third kappa shape index (κ3) is 5.20. The van der Waals surface area contributed by atoms with Gasteiger partial charge in [0.25, 0.3) is 5.91 Å². The number of rotatable bonds is 9. The summed E-state index contributed by atoms with van der Waals surface area (Å²) in [6.45, 7) is 0.0955. The summed E-state index contributed by atoms with van der Waals surface area (Å²) >= 11 is 5.80. The Morgan fingerprint density at radius 3 is 2.65 bits per heavy atom. The fourth-order valence-electron chi connectivity index (χ4n) is 4.01. The average molecular weight is 486 g/mol. The van der Waals surface area contributed by atoms with E-state index in [4.69, 9.17) is 17.3 Å². The average Bonchev–Trinajstić information content (AvgIpc) is 3.15. The van der Waals surface area contributed by atoms with E-state index in [-0.39, 0.29) is 41.8 Å². The highest BCUT2D eigenvalue weighted by atomic mass is 35.5. The van der Waals surface area contributed by atoms with Crippen molar-refractivity contribution in [2.45, 2.75) is 32.4 Å². The van der Waals surface area contributed by atoms with Crippen LogP contribution in [0, 0.1) is 11.7 Å². The molecule has 0 aliphatic heterocycles. The smallest absolute Gasteiger partial charge is 0.269 e. The molecule has 0 unspecified atom stereocenters. The summed E-state index contributed by atoms with van der Waals surface area (Å²) in [4.78, 5) is 39.1. The Labute approximate surface area is 200 Å². The van der Waals surface area contributed by atoms with Gasteiger partial charge in [-0.3, -0.25) is 19.1 Å². The molecule has 4 rings (SSSR count). The van der Waals surface area contributed by atoms with Crippen LogP contribution < -0.4 is 11.1 Å². The minimum Gasteiger partial charge on any atom is -0.364 e. The number of hydrogen-bond donors (Lipinski definition) is 2. The van der Waals surface area contributed by atoms with Crippen molar-refractivity contribution in [3.63, 3.8) is 0 Å². The molecule has 1 fully saturated rings. The number of primary amides is 1. The van der Waals surface area contributed by atoms with Gasteiger partial charge in [-0.25, -0.2) is 4.39 Å². The molecule has 3 N–H and O–H groups in total. The van der Waals surface area contributed by atoms with Crippen LogP contribution in [0.4, 0.5) is 4.39 Å². The van der Waals surface area contributed by atoms with Gasteiger partial charge in [-0.15, -0.1) is 0 Å². The van der Waals surface area contributed by atoms with Crippen molar-refractivity contribution in [3.05, 3.63) is 64.6 Å². The number of amides is 3. The number of para-hydroxylation sites is 1. The van der Waals surface area contributed by atoms with Crippen molar-refractivity contribution >= 4 is 40.2 Å². The van der Waals surface area contributed by atoms with Crippen LogP contribution in [-0.2, 0) is 22.7 Å². The van der Waals surface area contributed by atoms with Crippen LogP contribution in [0.2, 0.25) is 5.02 Å². The van der Waals surface area contributed by atoms with Crippen LogP contribution in [0.25, 0.3) is 10.9 Å². The quantitative estimate of drug-likeness (QED) is 0.485. The van der Waals surface area contributed by atoms with Gasteiger partial charge in [0.15, 0.2) is 5.69 Å². The number of nitrogens with zero attached hydrogens (tertiary/aromatic N) is 3. The topological polar surface area (TPSA) is 110 Å². The van der Waals surface area contributed by atoms with Gasteiger partial charge in [0.2, 0.25) is 11.8 Å². The van der Waals surface area contributed by atoms with E-state index in [1.54, 1.807) is 30.3 Å². The van der Waals surface area contributed by atoms with E-state index in [0.717, 1.165) is 19.3 Å². The molecule has 2 aromatic carbocycles. The van der Waals surface area contributed by atoms with Gasteiger partial charge in [0.05, 0.1) is 17.1 Å². The summed E-state index contributed by atoms with van der Waals surface area (Å²) in [6, 6.07) is 11.6. The molecule has 0 bridgehead atoms. The van der Waals surface area contributed by atoms with Crippen LogP contribution >= 0.6 is 11.6 Å². The largest absolute Gasteiger partial charge is 0.364 e. The van der Waals surface area contributed by atoms with E-state index < -0.39 is 17.6 Å². The molecular formula is C24H25ClFN5O3. The predicted octanol–water partition coefficient (Wildman–Crippen LogP) is 2.87. The number of aromatic nitrogens is 2. The molecule has 0 atom stereocenters. The minimum absolute atomic E-state index is 0.0182. The van der Waals surface area contributed by atoms with Gasteiger partial charge in [-0.2, -0.15) is 5.10 Å². The molecule has 1 saturated carbocycles. The highest BCUT2D eigenvalue weighted by Crippen LogP contribution is 2.27. The van der Waals surface area contributed by atoms with Gasteiger partial charge in [0.1, 0.15) is 12.4 Å². The number of halogens is 2. The lowest BCUT2D eigenvalue weighted by atomic mass is 9.85. The second-order valence-electron chi connectivity index (χ2n) is 8.45. The fraction of sp³-hybridized carbons (Fsp3) is 0.333. The maximum absolute atomic E-state index is 14.1. The van der Waals surface area contributed by atoms with Crippen LogP contribution in [0.15, 0.2) is 42.5 Å². The Morgan fingerprint density at radius 1 is 1.18 bits per heavy atom. The molecule has 178 valence electrons. The van der Waals surface area contributed by atoms with E-state index in [0.29, 0.717) is 23.4 Å². The first-order valence-corrected chi connectivity index (χ1v) is 11.4. The van der Waals surface area contributed by atoms with Crippen molar-refractivity contribution in [2.24, 2.45) is 11.7 Å². The lowest BCUT2D eigenvalue weighted by Crippen LogP contribution is -2.45. The molecule has 34 heavy (non-hydrogen) atoms. The highest BCUT2D eigenvalue weighted by molar-refractivity contribution is 6.30.